The Kier molecular flexibility index (Phi) is 2.91. The number of hydrogen-bond donors (Lipinski definition) is 1. The second-order valence-corrected chi connectivity index (χ2v) is 7.36. The number of rotatable bonds is 3. The van der Waals surface area contributed by atoms with Gasteiger partial charge in [0.05, 0.1) is 0 Å². The van der Waals surface area contributed by atoms with Crippen LogP contribution in [0.2, 0.25) is 0 Å². The van der Waals surface area contributed by atoms with Crippen LogP contribution < -0.4 is 5.73 Å². The van der Waals surface area contributed by atoms with E-state index in [1.807, 2.05) is 0 Å². The monoisotopic (exact) mass is 255 g/mol. The third-order valence-corrected chi connectivity index (χ3v) is 6.11. The van der Waals surface area contributed by atoms with Gasteiger partial charge in [-0.15, -0.1) is 0 Å². The van der Waals surface area contributed by atoms with Gasteiger partial charge in [0.25, 0.3) is 0 Å². The van der Waals surface area contributed by atoms with E-state index >= 15 is 0 Å². The molecule has 0 radical (unpaired) electrons. The lowest BCUT2D eigenvalue weighted by Crippen LogP contribution is -2.52. The molecular weight excluding hydrogens is 230 g/mol. The average molecular weight is 255 g/mol. The summed E-state index contributed by atoms with van der Waals surface area (Å²) < 4.78 is 0. The van der Waals surface area contributed by atoms with E-state index in [1.165, 1.54) is 37.7 Å². The van der Waals surface area contributed by atoms with E-state index < -0.39 is 0 Å². The number of hydrogen-bond acceptors (Lipinski definition) is 1. The second kappa shape index (κ2) is 4.63. The first-order chi connectivity index (χ1) is 9.29. The molecule has 102 valence electrons. The molecule has 1 aromatic carbocycles. The summed E-state index contributed by atoms with van der Waals surface area (Å²) in [5.41, 5.74) is 8.05. The zero-order valence-electron chi connectivity index (χ0n) is 11.7. The van der Waals surface area contributed by atoms with Crippen LogP contribution in [-0.2, 0) is 6.42 Å². The lowest BCUT2D eigenvalue weighted by atomic mass is 9.50. The third kappa shape index (κ3) is 2.12. The summed E-state index contributed by atoms with van der Waals surface area (Å²) in [7, 11) is 0. The van der Waals surface area contributed by atoms with Crippen molar-refractivity contribution in [2.45, 2.75) is 44.6 Å². The summed E-state index contributed by atoms with van der Waals surface area (Å²) in [6.07, 6.45) is 8.56. The highest BCUT2D eigenvalue weighted by molar-refractivity contribution is 5.16. The molecule has 4 fully saturated rings. The Balaban J connectivity index is 1.50. The first kappa shape index (κ1) is 12.0. The maximum Gasteiger partial charge on any atom is 0.0113 e. The van der Waals surface area contributed by atoms with Crippen LogP contribution in [0, 0.1) is 29.6 Å². The van der Waals surface area contributed by atoms with Gasteiger partial charge in [-0.1, -0.05) is 30.3 Å². The zero-order chi connectivity index (χ0) is 12.8. The lowest BCUT2D eigenvalue weighted by molar-refractivity contribution is -0.0464. The lowest BCUT2D eigenvalue weighted by Gasteiger charge is -2.56. The normalized spacial score (nSPS) is 41.4. The highest BCUT2D eigenvalue weighted by Crippen LogP contribution is 2.57. The van der Waals surface area contributed by atoms with Crippen LogP contribution in [0.3, 0.4) is 0 Å². The summed E-state index contributed by atoms with van der Waals surface area (Å²) in [5.74, 6) is 4.84. The molecule has 4 aliphatic rings. The molecular formula is C18H25N. The molecule has 1 atom stereocenters. The van der Waals surface area contributed by atoms with Crippen LogP contribution in [0.5, 0.6) is 0 Å². The van der Waals surface area contributed by atoms with E-state index in [0.717, 1.165) is 36.0 Å². The van der Waals surface area contributed by atoms with Gasteiger partial charge in [-0.25, -0.2) is 0 Å². The summed E-state index contributed by atoms with van der Waals surface area (Å²) in [6.45, 7) is 0. The molecule has 1 heteroatoms. The SMILES string of the molecule is NC(Cc1ccccc1)C1C2CC3CC(C2)CC1C3. The number of nitrogens with two attached hydrogens (primary N) is 1. The summed E-state index contributed by atoms with van der Waals surface area (Å²) in [4.78, 5) is 0. The first-order valence-corrected chi connectivity index (χ1v) is 8.09. The Labute approximate surface area is 116 Å². The van der Waals surface area contributed by atoms with Crippen molar-refractivity contribution in [3.05, 3.63) is 35.9 Å². The van der Waals surface area contributed by atoms with Crippen molar-refractivity contribution in [3.63, 3.8) is 0 Å². The molecule has 0 amide bonds. The standard InChI is InChI=1S/C18H25N/c19-17(11-12-4-2-1-3-5-12)18-15-7-13-6-14(9-15)10-16(18)8-13/h1-5,13-18H,6-11,19H2. The van der Waals surface area contributed by atoms with Gasteiger partial charge >= 0.3 is 0 Å². The molecule has 0 aromatic heterocycles. The minimum Gasteiger partial charge on any atom is -0.327 e. The van der Waals surface area contributed by atoms with Crippen LogP contribution in [-0.4, -0.2) is 6.04 Å². The average Bonchev–Trinajstić information content (AvgIpc) is 2.38. The Hall–Kier alpha value is -0.820. The van der Waals surface area contributed by atoms with E-state index in [2.05, 4.69) is 30.3 Å². The molecule has 0 saturated heterocycles. The van der Waals surface area contributed by atoms with Crippen LogP contribution in [0.4, 0.5) is 0 Å². The van der Waals surface area contributed by atoms with E-state index in [4.69, 9.17) is 5.73 Å². The number of benzene rings is 1. The molecule has 4 bridgehead atoms. The fraction of sp³-hybridized carbons (Fsp3) is 0.667. The maximum absolute atomic E-state index is 6.63. The Morgan fingerprint density at radius 3 is 2.05 bits per heavy atom. The summed E-state index contributed by atoms with van der Waals surface area (Å²) in [5, 5.41) is 0. The summed E-state index contributed by atoms with van der Waals surface area (Å²) in [6, 6.07) is 11.2. The van der Waals surface area contributed by atoms with E-state index in [0.29, 0.717) is 6.04 Å². The van der Waals surface area contributed by atoms with Crippen molar-refractivity contribution in [1.82, 2.24) is 0 Å². The zero-order valence-corrected chi connectivity index (χ0v) is 11.7. The molecule has 0 heterocycles. The van der Waals surface area contributed by atoms with Gasteiger partial charge < -0.3 is 5.73 Å². The summed E-state index contributed by atoms with van der Waals surface area (Å²) >= 11 is 0. The fourth-order valence-corrected chi connectivity index (χ4v) is 5.69. The van der Waals surface area contributed by atoms with Crippen molar-refractivity contribution in [2.24, 2.45) is 35.3 Å². The Morgan fingerprint density at radius 1 is 0.895 bits per heavy atom. The van der Waals surface area contributed by atoms with Gasteiger partial charge in [-0.3, -0.25) is 0 Å². The first-order valence-electron chi connectivity index (χ1n) is 8.09. The van der Waals surface area contributed by atoms with Gasteiger partial charge in [-0.2, -0.15) is 0 Å². The molecule has 1 nitrogen and oxygen atoms in total. The quantitative estimate of drug-likeness (QED) is 0.877. The predicted molar refractivity (Wildman–Crippen MR) is 78.7 cm³/mol. The van der Waals surface area contributed by atoms with Crippen molar-refractivity contribution in [2.75, 3.05) is 0 Å². The van der Waals surface area contributed by atoms with E-state index in [1.54, 1.807) is 0 Å². The van der Waals surface area contributed by atoms with Crippen LogP contribution in [0.1, 0.15) is 37.7 Å². The molecule has 5 rings (SSSR count). The van der Waals surface area contributed by atoms with Crippen LogP contribution in [0.25, 0.3) is 0 Å². The molecule has 4 saturated carbocycles. The van der Waals surface area contributed by atoms with Crippen molar-refractivity contribution in [3.8, 4) is 0 Å². The molecule has 0 spiro atoms. The van der Waals surface area contributed by atoms with Crippen molar-refractivity contribution < 1.29 is 0 Å². The largest absolute Gasteiger partial charge is 0.327 e. The third-order valence-electron chi connectivity index (χ3n) is 6.11. The molecule has 1 unspecified atom stereocenters. The smallest absolute Gasteiger partial charge is 0.0113 e. The van der Waals surface area contributed by atoms with E-state index in [9.17, 15) is 0 Å². The van der Waals surface area contributed by atoms with Gasteiger partial charge in [0.15, 0.2) is 0 Å². The Morgan fingerprint density at radius 2 is 1.47 bits per heavy atom. The van der Waals surface area contributed by atoms with E-state index in [-0.39, 0.29) is 0 Å². The maximum atomic E-state index is 6.63. The minimum absolute atomic E-state index is 0.386. The molecule has 2 N–H and O–H groups in total. The van der Waals surface area contributed by atoms with Crippen LogP contribution in [0.15, 0.2) is 30.3 Å². The molecule has 19 heavy (non-hydrogen) atoms. The van der Waals surface area contributed by atoms with Gasteiger partial charge in [0.1, 0.15) is 0 Å². The van der Waals surface area contributed by atoms with Crippen LogP contribution >= 0.6 is 0 Å². The van der Waals surface area contributed by atoms with Crippen molar-refractivity contribution >= 4 is 0 Å². The predicted octanol–water partition coefficient (Wildman–Crippen LogP) is 3.63. The highest BCUT2D eigenvalue weighted by atomic mass is 14.7. The minimum atomic E-state index is 0.386. The molecule has 1 aromatic rings. The Bertz CT molecular complexity index is 410. The second-order valence-electron chi connectivity index (χ2n) is 7.36. The van der Waals surface area contributed by atoms with Gasteiger partial charge in [0, 0.05) is 6.04 Å². The molecule has 0 aliphatic heterocycles. The van der Waals surface area contributed by atoms with Crippen molar-refractivity contribution in [1.29, 1.82) is 0 Å². The van der Waals surface area contributed by atoms with Gasteiger partial charge in [-0.05, 0) is 73.7 Å². The fourth-order valence-electron chi connectivity index (χ4n) is 5.69. The highest BCUT2D eigenvalue weighted by Gasteiger charge is 2.49. The molecule has 4 aliphatic carbocycles. The van der Waals surface area contributed by atoms with Gasteiger partial charge in [0.2, 0.25) is 0 Å². The topological polar surface area (TPSA) is 26.0 Å².